The van der Waals surface area contributed by atoms with Gasteiger partial charge in [0.15, 0.2) is 0 Å². The summed E-state index contributed by atoms with van der Waals surface area (Å²) < 4.78 is 0. The maximum Gasteiger partial charge on any atom is 0.326 e. The fourth-order valence-electron chi connectivity index (χ4n) is 1.05. The average Bonchev–Trinajstić information content (AvgIpc) is 2.15. The van der Waals surface area contributed by atoms with E-state index >= 15 is 0 Å². The van der Waals surface area contributed by atoms with Crippen LogP contribution in [-0.4, -0.2) is 34.1 Å². The fourth-order valence-corrected chi connectivity index (χ4v) is 1.05. The van der Waals surface area contributed by atoms with Crippen LogP contribution in [0, 0.1) is 12.3 Å². The van der Waals surface area contributed by atoms with Gasteiger partial charge in [0.2, 0.25) is 5.91 Å². The van der Waals surface area contributed by atoms with Gasteiger partial charge in [0.25, 0.3) is 0 Å². The summed E-state index contributed by atoms with van der Waals surface area (Å²) in [5, 5.41) is 19.3. The molecule has 0 aliphatic heterocycles. The van der Waals surface area contributed by atoms with Gasteiger partial charge in [-0.25, -0.2) is 4.79 Å². The van der Waals surface area contributed by atoms with E-state index in [1.54, 1.807) is 0 Å². The number of aliphatic carboxylic acids is 2. The van der Waals surface area contributed by atoms with Gasteiger partial charge in [-0.2, -0.15) is 0 Å². The SMILES string of the molecule is C#CCC(=O)N[C@H](CCCC(=O)O)C(=O)O. The summed E-state index contributed by atoms with van der Waals surface area (Å²) in [5.74, 6) is -0.663. The first kappa shape index (κ1) is 14.0. The molecule has 88 valence electrons. The third kappa shape index (κ3) is 6.43. The zero-order valence-electron chi connectivity index (χ0n) is 8.60. The molecule has 0 aliphatic carbocycles. The van der Waals surface area contributed by atoms with E-state index in [0.29, 0.717) is 0 Å². The van der Waals surface area contributed by atoms with Gasteiger partial charge < -0.3 is 15.5 Å². The normalized spacial score (nSPS) is 11.2. The maximum atomic E-state index is 11.0. The lowest BCUT2D eigenvalue weighted by atomic mass is 10.1. The Morgan fingerprint density at radius 2 is 1.94 bits per heavy atom. The van der Waals surface area contributed by atoms with E-state index < -0.39 is 23.9 Å². The van der Waals surface area contributed by atoms with Crippen LogP contribution >= 0.6 is 0 Å². The number of amides is 1. The summed E-state index contributed by atoms with van der Waals surface area (Å²) in [7, 11) is 0. The van der Waals surface area contributed by atoms with Crippen LogP contribution < -0.4 is 5.32 Å². The number of rotatable bonds is 7. The van der Waals surface area contributed by atoms with Crippen molar-refractivity contribution < 1.29 is 24.6 Å². The highest BCUT2D eigenvalue weighted by molar-refractivity contribution is 5.84. The van der Waals surface area contributed by atoms with Gasteiger partial charge in [-0.05, 0) is 12.8 Å². The molecule has 0 aromatic carbocycles. The summed E-state index contributed by atoms with van der Waals surface area (Å²) in [6.45, 7) is 0. The fraction of sp³-hybridized carbons (Fsp3) is 0.500. The van der Waals surface area contributed by atoms with Crippen LogP contribution in [-0.2, 0) is 14.4 Å². The zero-order valence-corrected chi connectivity index (χ0v) is 8.60. The van der Waals surface area contributed by atoms with E-state index in [-0.39, 0.29) is 25.7 Å². The second-order valence-electron chi connectivity index (χ2n) is 3.13. The molecule has 6 nitrogen and oxygen atoms in total. The van der Waals surface area contributed by atoms with Gasteiger partial charge in [0.1, 0.15) is 6.04 Å². The molecule has 0 aromatic heterocycles. The number of carbonyl (C=O) groups excluding carboxylic acids is 1. The number of nitrogens with one attached hydrogen (secondary N) is 1. The molecule has 0 rings (SSSR count). The highest BCUT2D eigenvalue weighted by atomic mass is 16.4. The molecule has 0 radical (unpaired) electrons. The minimum Gasteiger partial charge on any atom is -0.481 e. The molecular formula is C10H13NO5. The van der Waals surface area contributed by atoms with E-state index in [1.165, 1.54) is 0 Å². The lowest BCUT2D eigenvalue weighted by molar-refractivity contribution is -0.142. The molecule has 1 amide bonds. The second kappa shape index (κ2) is 7.29. The number of hydrogen-bond acceptors (Lipinski definition) is 3. The lowest BCUT2D eigenvalue weighted by Gasteiger charge is -2.12. The molecule has 0 heterocycles. The molecule has 0 spiro atoms. The Morgan fingerprint density at radius 1 is 1.31 bits per heavy atom. The number of carboxylic acid groups (broad SMARTS) is 2. The smallest absolute Gasteiger partial charge is 0.326 e. The Hall–Kier alpha value is -2.03. The van der Waals surface area contributed by atoms with Crippen molar-refractivity contribution in [3.05, 3.63) is 0 Å². The van der Waals surface area contributed by atoms with Crippen molar-refractivity contribution in [2.24, 2.45) is 0 Å². The third-order valence-electron chi connectivity index (χ3n) is 1.78. The number of carbonyl (C=O) groups is 3. The van der Waals surface area contributed by atoms with Crippen molar-refractivity contribution in [2.45, 2.75) is 31.7 Å². The Morgan fingerprint density at radius 3 is 2.38 bits per heavy atom. The first-order valence-electron chi connectivity index (χ1n) is 4.64. The van der Waals surface area contributed by atoms with E-state index in [9.17, 15) is 14.4 Å². The van der Waals surface area contributed by atoms with Crippen molar-refractivity contribution in [3.8, 4) is 12.3 Å². The van der Waals surface area contributed by atoms with Crippen LogP contribution in [0.15, 0.2) is 0 Å². The molecule has 0 aliphatic rings. The molecule has 1 atom stereocenters. The third-order valence-corrected chi connectivity index (χ3v) is 1.78. The van der Waals surface area contributed by atoms with Crippen LogP contribution in [0.4, 0.5) is 0 Å². The van der Waals surface area contributed by atoms with Gasteiger partial charge >= 0.3 is 11.9 Å². The van der Waals surface area contributed by atoms with E-state index in [4.69, 9.17) is 16.6 Å². The Kier molecular flexibility index (Phi) is 6.36. The largest absolute Gasteiger partial charge is 0.481 e. The predicted octanol–water partition coefficient (Wildman–Crippen LogP) is -0.166. The van der Waals surface area contributed by atoms with Crippen LogP contribution in [0.1, 0.15) is 25.7 Å². The topological polar surface area (TPSA) is 104 Å². The van der Waals surface area contributed by atoms with E-state index in [0.717, 1.165) is 0 Å². The summed E-state index contributed by atoms with van der Waals surface area (Å²) in [6.07, 6.45) is 4.81. The molecule has 0 unspecified atom stereocenters. The summed E-state index contributed by atoms with van der Waals surface area (Å²) >= 11 is 0. The minimum atomic E-state index is -1.20. The first-order chi connectivity index (χ1) is 7.47. The minimum absolute atomic E-state index is 0.0674. The van der Waals surface area contributed by atoms with Gasteiger partial charge in [0.05, 0.1) is 6.42 Å². The van der Waals surface area contributed by atoms with Crippen molar-refractivity contribution in [1.82, 2.24) is 5.32 Å². The highest BCUT2D eigenvalue weighted by Crippen LogP contribution is 2.02. The quantitative estimate of drug-likeness (QED) is 0.524. The maximum absolute atomic E-state index is 11.0. The standard InChI is InChI=1S/C10H13NO5/c1-2-4-8(12)11-7(10(15)16)5-3-6-9(13)14/h1,7H,3-6H2,(H,11,12)(H,13,14)(H,15,16)/t7-/m1/s1. The molecule has 0 fully saturated rings. The van der Waals surface area contributed by atoms with Gasteiger partial charge in [0, 0.05) is 6.42 Å². The Labute approximate surface area is 92.6 Å². The van der Waals surface area contributed by atoms with Crippen LogP contribution in [0.3, 0.4) is 0 Å². The zero-order chi connectivity index (χ0) is 12.6. The highest BCUT2D eigenvalue weighted by Gasteiger charge is 2.19. The lowest BCUT2D eigenvalue weighted by Crippen LogP contribution is -2.40. The van der Waals surface area contributed by atoms with Crippen molar-refractivity contribution in [3.63, 3.8) is 0 Å². The molecule has 16 heavy (non-hydrogen) atoms. The van der Waals surface area contributed by atoms with Gasteiger partial charge in [-0.3, -0.25) is 9.59 Å². The number of carboxylic acids is 2. The summed E-state index contributed by atoms with van der Waals surface area (Å²) in [4.78, 5) is 31.9. The van der Waals surface area contributed by atoms with Crippen LogP contribution in [0.25, 0.3) is 0 Å². The van der Waals surface area contributed by atoms with Gasteiger partial charge in [-0.1, -0.05) is 5.92 Å². The molecule has 6 heteroatoms. The van der Waals surface area contributed by atoms with E-state index in [1.807, 2.05) is 0 Å². The Balaban J connectivity index is 4.08. The van der Waals surface area contributed by atoms with Crippen LogP contribution in [0.2, 0.25) is 0 Å². The van der Waals surface area contributed by atoms with E-state index in [2.05, 4.69) is 11.2 Å². The molecule has 0 saturated carbocycles. The summed E-state index contributed by atoms with van der Waals surface area (Å²) in [5.41, 5.74) is 0. The monoisotopic (exact) mass is 227 g/mol. The summed E-state index contributed by atoms with van der Waals surface area (Å²) in [6, 6.07) is -1.08. The first-order valence-corrected chi connectivity index (χ1v) is 4.64. The van der Waals surface area contributed by atoms with Crippen molar-refractivity contribution in [1.29, 1.82) is 0 Å². The second-order valence-corrected chi connectivity index (χ2v) is 3.13. The van der Waals surface area contributed by atoms with Crippen molar-refractivity contribution in [2.75, 3.05) is 0 Å². The molecule has 0 aromatic rings. The average molecular weight is 227 g/mol. The molecule has 0 saturated heterocycles. The van der Waals surface area contributed by atoms with Crippen molar-refractivity contribution >= 4 is 17.8 Å². The molecule has 0 bridgehead atoms. The Bertz CT molecular complexity index is 318. The number of hydrogen-bond donors (Lipinski definition) is 3. The predicted molar refractivity (Wildman–Crippen MR) is 54.5 cm³/mol. The molecular weight excluding hydrogens is 214 g/mol. The van der Waals surface area contributed by atoms with Gasteiger partial charge in [-0.15, -0.1) is 6.42 Å². The number of terminal acetylenes is 1. The molecule has 3 N–H and O–H groups in total. The van der Waals surface area contributed by atoms with Crippen LogP contribution in [0.5, 0.6) is 0 Å².